The normalized spacial score (nSPS) is 10.6. The number of aromatic nitrogens is 1. The monoisotopic (exact) mass is 215 g/mol. The summed E-state index contributed by atoms with van der Waals surface area (Å²) in [5.74, 6) is 0. The van der Waals surface area contributed by atoms with Crippen LogP contribution < -0.4 is 11.1 Å². The van der Waals surface area contributed by atoms with Crippen molar-refractivity contribution in [1.82, 2.24) is 4.98 Å². The lowest BCUT2D eigenvalue weighted by molar-refractivity contribution is 0.875. The summed E-state index contributed by atoms with van der Waals surface area (Å²) < 4.78 is 0. The van der Waals surface area contributed by atoms with E-state index in [-0.39, 0.29) is 0 Å². The Labute approximate surface area is 95.7 Å². The fourth-order valence-corrected chi connectivity index (χ4v) is 1.74. The predicted octanol–water partition coefficient (Wildman–Crippen LogP) is 2.30. The maximum absolute atomic E-state index is 5.48. The first-order chi connectivity index (χ1) is 7.81. The molecule has 2 aromatic rings. The topological polar surface area (TPSA) is 50.9 Å². The van der Waals surface area contributed by atoms with Crippen LogP contribution in [0.25, 0.3) is 10.9 Å². The molecule has 0 aliphatic heterocycles. The van der Waals surface area contributed by atoms with Crippen LogP contribution >= 0.6 is 0 Å². The van der Waals surface area contributed by atoms with E-state index in [0.717, 1.165) is 30.7 Å². The van der Waals surface area contributed by atoms with Gasteiger partial charge in [0.05, 0.1) is 5.52 Å². The third-order valence-electron chi connectivity index (χ3n) is 2.59. The zero-order valence-corrected chi connectivity index (χ0v) is 9.53. The Morgan fingerprint density at radius 1 is 1.31 bits per heavy atom. The van der Waals surface area contributed by atoms with Crippen molar-refractivity contribution in [2.24, 2.45) is 5.73 Å². The van der Waals surface area contributed by atoms with Gasteiger partial charge >= 0.3 is 0 Å². The molecule has 2 rings (SSSR count). The molecule has 0 unspecified atom stereocenters. The van der Waals surface area contributed by atoms with E-state index in [2.05, 4.69) is 35.4 Å². The van der Waals surface area contributed by atoms with Crippen molar-refractivity contribution in [3.8, 4) is 0 Å². The smallest absolute Gasteiger partial charge is 0.0722 e. The van der Waals surface area contributed by atoms with Gasteiger partial charge < -0.3 is 11.1 Å². The van der Waals surface area contributed by atoms with Gasteiger partial charge in [-0.3, -0.25) is 4.98 Å². The molecule has 0 amide bonds. The summed E-state index contributed by atoms with van der Waals surface area (Å²) in [5, 5.41) is 4.58. The van der Waals surface area contributed by atoms with E-state index in [1.807, 2.05) is 12.3 Å². The molecule has 0 atom stereocenters. The number of rotatable bonds is 4. The molecule has 0 aliphatic rings. The van der Waals surface area contributed by atoms with Gasteiger partial charge in [0.15, 0.2) is 0 Å². The number of nitrogens with zero attached hydrogens (tertiary/aromatic N) is 1. The minimum absolute atomic E-state index is 0.717. The Morgan fingerprint density at radius 3 is 3.00 bits per heavy atom. The lowest BCUT2D eigenvalue weighted by Crippen LogP contribution is -2.08. The zero-order valence-electron chi connectivity index (χ0n) is 9.53. The van der Waals surface area contributed by atoms with Crippen LogP contribution in [0, 0.1) is 6.92 Å². The minimum atomic E-state index is 0.717. The Balaban J connectivity index is 2.32. The molecule has 0 bridgehead atoms. The van der Waals surface area contributed by atoms with Crippen LogP contribution in [-0.2, 0) is 0 Å². The highest BCUT2D eigenvalue weighted by molar-refractivity contribution is 5.91. The van der Waals surface area contributed by atoms with E-state index in [4.69, 9.17) is 5.73 Å². The molecule has 1 heterocycles. The average molecular weight is 215 g/mol. The van der Waals surface area contributed by atoms with Crippen molar-refractivity contribution < 1.29 is 0 Å². The van der Waals surface area contributed by atoms with Gasteiger partial charge in [0.1, 0.15) is 0 Å². The van der Waals surface area contributed by atoms with E-state index >= 15 is 0 Å². The van der Waals surface area contributed by atoms with Crippen LogP contribution in [0.3, 0.4) is 0 Å². The molecule has 0 spiro atoms. The van der Waals surface area contributed by atoms with Gasteiger partial charge in [-0.2, -0.15) is 0 Å². The van der Waals surface area contributed by atoms with Crippen LogP contribution in [0.1, 0.15) is 12.0 Å². The molecule has 1 aromatic heterocycles. The average Bonchev–Trinajstić information content (AvgIpc) is 2.30. The quantitative estimate of drug-likeness (QED) is 0.769. The van der Waals surface area contributed by atoms with Crippen LogP contribution in [0.4, 0.5) is 5.69 Å². The van der Waals surface area contributed by atoms with E-state index in [1.54, 1.807) is 0 Å². The van der Waals surface area contributed by atoms with Gasteiger partial charge in [0.25, 0.3) is 0 Å². The van der Waals surface area contributed by atoms with Crippen molar-refractivity contribution in [2.75, 3.05) is 18.4 Å². The number of aryl methyl sites for hydroxylation is 1. The lowest BCUT2D eigenvalue weighted by Gasteiger charge is -2.09. The Kier molecular flexibility index (Phi) is 3.37. The van der Waals surface area contributed by atoms with Gasteiger partial charge in [-0.1, -0.05) is 11.6 Å². The molecule has 3 heteroatoms. The van der Waals surface area contributed by atoms with Crippen molar-refractivity contribution in [2.45, 2.75) is 13.3 Å². The molecule has 84 valence electrons. The first-order valence-electron chi connectivity index (χ1n) is 5.60. The molecule has 3 N–H and O–H groups in total. The van der Waals surface area contributed by atoms with Crippen molar-refractivity contribution >= 4 is 16.6 Å². The summed E-state index contributed by atoms with van der Waals surface area (Å²) >= 11 is 0. The standard InChI is InChI=1S/C13H17N3/c1-10-3-4-12-11(9-10)13(5-8-16-12)15-7-2-6-14/h3-5,8-9H,2,6-7,14H2,1H3,(H,15,16). The highest BCUT2D eigenvalue weighted by atomic mass is 14.9. The Morgan fingerprint density at radius 2 is 2.19 bits per heavy atom. The molecular formula is C13H17N3. The first kappa shape index (κ1) is 10.9. The summed E-state index contributed by atoms with van der Waals surface area (Å²) in [4.78, 5) is 4.35. The van der Waals surface area contributed by atoms with Gasteiger partial charge in [-0.25, -0.2) is 0 Å². The largest absolute Gasteiger partial charge is 0.384 e. The number of nitrogens with one attached hydrogen (secondary N) is 1. The molecule has 0 saturated heterocycles. The Hall–Kier alpha value is -1.61. The molecular weight excluding hydrogens is 198 g/mol. The van der Waals surface area contributed by atoms with Gasteiger partial charge in [0, 0.05) is 23.8 Å². The molecule has 16 heavy (non-hydrogen) atoms. The maximum Gasteiger partial charge on any atom is 0.0722 e. The highest BCUT2D eigenvalue weighted by Crippen LogP contribution is 2.22. The van der Waals surface area contributed by atoms with Crippen molar-refractivity contribution in [1.29, 1.82) is 0 Å². The number of nitrogens with two attached hydrogens (primary N) is 1. The molecule has 0 radical (unpaired) electrons. The van der Waals surface area contributed by atoms with E-state index < -0.39 is 0 Å². The second-order valence-electron chi connectivity index (χ2n) is 3.95. The Bertz CT molecular complexity index is 480. The number of hydrogen-bond acceptors (Lipinski definition) is 3. The SMILES string of the molecule is Cc1ccc2nccc(NCCCN)c2c1. The predicted molar refractivity (Wildman–Crippen MR) is 68.6 cm³/mol. The summed E-state index contributed by atoms with van der Waals surface area (Å²) in [6.07, 6.45) is 2.82. The maximum atomic E-state index is 5.48. The minimum Gasteiger partial charge on any atom is -0.384 e. The third kappa shape index (κ3) is 2.31. The molecule has 0 fully saturated rings. The molecule has 0 saturated carbocycles. The number of fused-ring (bicyclic) bond motifs is 1. The zero-order chi connectivity index (χ0) is 11.4. The molecule has 0 aliphatic carbocycles. The van der Waals surface area contributed by atoms with E-state index in [0.29, 0.717) is 0 Å². The summed E-state index contributed by atoms with van der Waals surface area (Å²) in [7, 11) is 0. The lowest BCUT2D eigenvalue weighted by atomic mass is 10.1. The first-order valence-corrected chi connectivity index (χ1v) is 5.60. The van der Waals surface area contributed by atoms with Crippen molar-refractivity contribution in [3.05, 3.63) is 36.0 Å². The number of anilines is 1. The van der Waals surface area contributed by atoms with Crippen LogP contribution in [-0.4, -0.2) is 18.1 Å². The second kappa shape index (κ2) is 4.94. The van der Waals surface area contributed by atoms with Gasteiger partial charge in [0.2, 0.25) is 0 Å². The molecule has 3 nitrogen and oxygen atoms in total. The van der Waals surface area contributed by atoms with Gasteiger partial charge in [-0.15, -0.1) is 0 Å². The summed E-state index contributed by atoms with van der Waals surface area (Å²) in [5.41, 5.74) is 8.90. The summed E-state index contributed by atoms with van der Waals surface area (Å²) in [6.45, 7) is 3.72. The van der Waals surface area contributed by atoms with Crippen LogP contribution in [0.5, 0.6) is 0 Å². The number of pyridine rings is 1. The number of benzene rings is 1. The third-order valence-corrected chi connectivity index (χ3v) is 2.59. The second-order valence-corrected chi connectivity index (χ2v) is 3.95. The van der Waals surface area contributed by atoms with Crippen LogP contribution in [0.2, 0.25) is 0 Å². The van der Waals surface area contributed by atoms with E-state index in [1.165, 1.54) is 10.9 Å². The summed E-state index contributed by atoms with van der Waals surface area (Å²) in [6, 6.07) is 8.31. The fourth-order valence-electron chi connectivity index (χ4n) is 1.74. The van der Waals surface area contributed by atoms with E-state index in [9.17, 15) is 0 Å². The van der Waals surface area contributed by atoms with Crippen molar-refractivity contribution in [3.63, 3.8) is 0 Å². The van der Waals surface area contributed by atoms with Crippen LogP contribution in [0.15, 0.2) is 30.5 Å². The number of hydrogen-bond donors (Lipinski definition) is 2. The molecule has 1 aromatic carbocycles. The fraction of sp³-hybridized carbons (Fsp3) is 0.308. The van der Waals surface area contributed by atoms with Gasteiger partial charge in [-0.05, 0) is 38.1 Å². The highest BCUT2D eigenvalue weighted by Gasteiger charge is 2.01.